The van der Waals surface area contributed by atoms with Crippen molar-refractivity contribution >= 4 is 11.6 Å². The van der Waals surface area contributed by atoms with Crippen molar-refractivity contribution in [2.24, 2.45) is 0 Å². The van der Waals surface area contributed by atoms with Gasteiger partial charge in [-0.1, -0.05) is 19.1 Å². The summed E-state index contributed by atoms with van der Waals surface area (Å²) in [6, 6.07) is 5.07. The molecular formula is C13H12O3. The highest BCUT2D eigenvalue weighted by Gasteiger charge is 2.27. The lowest BCUT2D eigenvalue weighted by Gasteiger charge is -2.16. The first-order valence-corrected chi connectivity index (χ1v) is 5.15. The van der Waals surface area contributed by atoms with Crippen LogP contribution in [0, 0.1) is 0 Å². The maximum Gasteiger partial charge on any atom is 0.193 e. The zero-order valence-corrected chi connectivity index (χ0v) is 9.24. The van der Waals surface area contributed by atoms with Crippen LogP contribution in [0.2, 0.25) is 0 Å². The minimum Gasteiger partial charge on any atom is -0.496 e. The van der Waals surface area contributed by atoms with Gasteiger partial charge in [0, 0.05) is 11.1 Å². The summed E-state index contributed by atoms with van der Waals surface area (Å²) in [7, 11) is 1.50. The van der Waals surface area contributed by atoms with E-state index >= 15 is 0 Å². The first-order chi connectivity index (χ1) is 7.69. The minimum absolute atomic E-state index is 0.102. The normalized spacial score (nSPS) is 14.5. The maximum absolute atomic E-state index is 12.1. The Morgan fingerprint density at radius 3 is 2.62 bits per heavy atom. The first-order valence-electron chi connectivity index (χ1n) is 5.15. The van der Waals surface area contributed by atoms with Gasteiger partial charge in [-0.2, -0.15) is 0 Å². The summed E-state index contributed by atoms with van der Waals surface area (Å²) in [5.41, 5.74) is 1.37. The predicted molar refractivity (Wildman–Crippen MR) is 60.0 cm³/mol. The molecule has 0 aromatic heterocycles. The Balaban J connectivity index is 2.66. The van der Waals surface area contributed by atoms with Crippen molar-refractivity contribution in [3.05, 3.63) is 41.0 Å². The largest absolute Gasteiger partial charge is 0.496 e. The molecule has 16 heavy (non-hydrogen) atoms. The van der Waals surface area contributed by atoms with Gasteiger partial charge in [-0.05, 0) is 18.6 Å². The number of ether oxygens (including phenoxy) is 1. The molecule has 0 radical (unpaired) electrons. The molecule has 1 aromatic rings. The van der Waals surface area contributed by atoms with Gasteiger partial charge < -0.3 is 4.74 Å². The third-order valence-electron chi connectivity index (χ3n) is 2.72. The van der Waals surface area contributed by atoms with Crippen molar-refractivity contribution in [1.29, 1.82) is 0 Å². The number of carbonyl (C=O) groups is 2. The standard InChI is InChI=1S/C13H12O3/c1-3-8-7-10(14)9-5-4-6-11(16-2)12(9)13(8)15/h4-7H,3H2,1-2H3. The van der Waals surface area contributed by atoms with Gasteiger partial charge in [0.2, 0.25) is 0 Å². The fourth-order valence-electron chi connectivity index (χ4n) is 1.87. The molecule has 0 saturated heterocycles. The SMILES string of the molecule is CCC1=CC(=O)c2cccc(OC)c2C1=O. The van der Waals surface area contributed by atoms with Crippen LogP contribution in [0.4, 0.5) is 0 Å². The van der Waals surface area contributed by atoms with Crippen molar-refractivity contribution in [3.8, 4) is 5.75 Å². The Hall–Kier alpha value is -1.90. The van der Waals surface area contributed by atoms with E-state index < -0.39 is 0 Å². The molecule has 1 aromatic carbocycles. The van der Waals surface area contributed by atoms with E-state index in [9.17, 15) is 9.59 Å². The van der Waals surface area contributed by atoms with Crippen molar-refractivity contribution in [3.63, 3.8) is 0 Å². The zero-order valence-electron chi connectivity index (χ0n) is 9.24. The summed E-state index contributed by atoms with van der Waals surface area (Å²) in [5, 5.41) is 0. The van der Waals surface area contributed by atoms with E-state index in [1.807, 2.05) is 6.92 Å². The van der Waals surface area contributed by atoms with Crippen LogP contribution in [0.25, 0.3) is 0 Å². The topological polar surface area (TPSA) is 43.4 Å². The predicted octanol–water partition coefficient (Wildman–Crippen LogP) is 2.41. The Kier molecular flexibility index (Phi) is 2.60. The quantitative estimate of drug-likeness (QED) is 0.762. The van der Waals surface area contributed by atoms with Crippen LogP contribution in [0.1, 0.15) is 34.1 Å². The maximum atomic E-state index is 12.1. The lowest BCUT2D eigenvalue weighted by atomic mass is 9.88. The third kappa shape index (κ3) is 1.45. The van der Waals surface area contributed by atoms with Crippen LogP contribution in [-0.2, 0) is 0 Å². The number of Topliss-reactive ketones (excluding diaryl/α,β-unsaturated/α-hetero) is 1. The molecule has 0 atom stereocenters. The second kappa shape index (κ2) is 3.93. The molecule has 0 aliphatic heterocycles. The van der Waals surface area contributed by atoms with E-state index in [0.717, 1.165) is 0 Å². The van der Waals surface area contributed by atoms with Crippen molar-refractivity contribution < 1.29 is 14.3 Å². The summed E-state index contributed by atoms with van der Waals surface area (Å²) in [6.07, 6.45) is 1.98. The number of carbonyl (C=O) groups excluding carboxylic acids is 2. The summed E-state index contributed by atoms with van der Waals surface area (Å²) < 4.78 is 5.12. The molecule has 1 aliphatic rings. The molecule has 82 valence electrons. The van der Waals surface area contributed by atoms with Gasteiger partial charge in [0.1, 0.15) is 5.75 Å². The molecule has 0 N–H and O–H groups in total. The Labute approximate surface area is 93.7 Å². The molecule has 3 heteroatoms. The lowest BCUT2D eigenvalue weighted by Crippen LogP contribution is -2.17. The van der Waals surface area contributed by atoms with Crippen LogP contribution in [0.15, 0.2) is 29.8 Å². The van der Waals surface area contributed by atoms with E-state index in [-0.39, 0.29) is 11.6 Å². The number of benzene rings is 1. The molecular weight excluding hydrogens is 204 g/mol. The number of hydrogen-bond donors (Lipinski definition) is 0. The fourth-order valence-corrected chi connectivity index (χ4v) is 1.87. The molecule has 0 saturated carbocycles. The molecule has 0 amide bonds. The average Bonchev–Trinajstić information content (AvgIpc) is 2.32. The molecule has 3 nitrogen and oxygen atoms in total. The van der Waals surface area contributed by atoms with E-state index in [1.165, 1.54) is 13.2 Å². The van der Waals surface area contributed by atoms with Gasteiger partial charge in [-0.25, -0.2) is 0 Å². The summed E-state index contributed by atoms with van der Waals surface area (Å²) >= 11 is 0. The molecule has 0 heterocycles. The first kappa shape index (κ1) is 10.6. The fraction of sp³-hybridized carbons (Fsp3) is 0.231. The third-order valence-corrected chi connectivity index (χ3v) is 2.72. The number of fused-ring (bicyclic) bond motifs is 1. The summed E-state index contributed by atoms with van der Waals surface area (Å²) in [5.74, 6) is 0.245. The summed E-state index contributed by atoms with van der Waals surface area (Å²) in [6.45, 7) is 1.86. The molecule has 0 bridgehead atoms. The van der Waals surface area contributed by atoms with Crippen LogP contribution in [0.3, 0.4) is 0 Å². The van der Waals surface area contributed by atoms with Crippen LogP contribution >= 0.6 is 0 Å². The Morgan fingerprint density at radius 2 is 2.00 bits per heavy atom. The monoisotopic (exact) mass is 216 g/mol. The lowest BCUT2D eigenvalue weighted by molar-refractivity contribution is 0.0979. The molecule has 0 unspecified atom stereocenters. The second-order valence-corrected chi connectivity index (χ2v) is 3.60. The highest BCUT2D eigenvalue weighted by molar-refractivity contribution is 6.25. The number of methoxy groups -OCH3 is 1. The van der Waals surface area contributed by atoms with E-state index in [2.05, 4.69) is 0 Å². The van der Waals surface area contributed by atoms with Gasteiger partial charge in [0.25, 0.3) is 0 Å². The smallest absolute Gasteiger partial charge is 0.193 e. The molecule has 2 rings (SSSR count). The minimum atomic E-state index is -0.120. The van der Waals surface area contributed by atoms with Crippen molar-refractivity contribution in [1.82, 2.24) is 0 Å². The highest BCUT2D eigenvalue weighted by Crippen LogP contribution is 2.30. The number of allylic oxidation sites excluding steroid dienone is 2. The van der Waals surface area contributed by atoms with Crippen molar-refractivity contribution in [2.45, 2.75) is 13.3 Å². The molecule has 0 fully saturated rings. The van der Waals surface area contributed by atoms with E-state index in [1.54, 1.807) is 18.2 Å². The van der Waals surface area contributed by atoms with Crippen LogP contribution in [0.5, 0.6) is 5.75 Å². The van der Waals surface area contributed by atoms with Gasteiger partial charge in [0.15, 0.2) is 11.6 Å². The summed E-state index contributed by atoms with van der Waals surface area (Å²) in [4.78, 5) is 23.9. The van der Waals surface area contributed by atoms with Gasteiger partial charge in [-0.15, -0.1) is 0 Å². The molecule has 0 spiro atoms. The second-order valence-electron chi connectivity index (χ2n) is 3.60. The van der Waals surface area contributed by atoms with E-state index in [4.69, 9.17) is 4.74 Å². The zero-order chi connectivity index (χ0) is 11.7. The van der Waals surface area contributed by atoms with Crippen LogP contribution in [-0.4, -0.2) is 18.7 Å². The van der Waals surface area contributed by atoms with Gasteiger partial charge in [-0.3, -0.25) is 9.59 Å². The Bertz CT molecular complexity index is 498. The van der Waals surface area contributed by atoms with Crippen molar-refractivity contribution in [2.75, 3.05) is 7.11 Å². The average molecular weight is 216 g/mol. The van der Waals surface area contributed by atoms with E-state index in [0.29, 0.717) is 28.9 Å². The van der Waals surface area contributed by atoms with Gasteiger partial charge >= 0.3 is 0 Å². The van der Waals surface area contributed by atoms with Gasteiger partial charge in [0.05, 0.1) is 12.7 Å². The molecule has 1 aliphatic carbocycles. The Morgan fingerprint density at radius 1 is 1.25 bits per heavy atom. The highest BCUT2D eigenvalue weighted by atomic mass is 16.5. The number of ketones is 2. The number of hydrogen-bond acceptors (Lipinski definition) is 3. The van der Waals surface area contributed by atoms with Crippen LogP contribution < -0.4 is 4.74 Å². The number of rotatable bonds is 2.